The summed E-state index contributed by atoms with van der Waals surface area (Å²) in [4.78, 5) is 4.25. The second-order valence-electron chi connectivity index (χ2n) is 5.68. The molecule has 0 fully saturated rings. The minimum absolute atomic E-state index is 0.645. The molecule has 0 saturated carbocycles. The Labute approximate surface area is 137 Å². The van der Waals surface area contributed by atoms with Gasteiger partial charge in [0, 0.05) is 38.4 Å². The van der Waals surface area contributed by atoms with Gasteiger partial charge in [0.1, 0.15) is 5.76 Å². The highest BCUT2D eigenvalue weighted by Crippen LogP contribution is 2.12. The Morgan fingerprint density at radius 2 is 1.87 bits per heavy atom. The van der Waals surface area contributed by atoms with Crippen molar-refractivity contribution in [2.75, 3.05) is 13.6 Å². The highest BCUT2D eigenvalue weighted by atomic mass is 16.5. The normalized spacial score (nSPS) is 11.8. The van der Waals surface area contributed by atoms with Crippen molar-refractivity contribution in [3.63, 3.8) is 0 Å². The van der Waals surface area contributed by atoms with Crippen molar-refractivity contribution in [3.05, 3.63) is 34.0 Å². The zero-order chi connectivity index (χ0) is 17.0. The van der Waals surface area contributed by atoms with E-state index in [-0.39, 0.29) is 0 Å². The molecule has 7 heteroatoms. The lowest BCUT2D eigenvalue weighted by atomic mass is 10.1. The quantitative estimate of drug-likeness (QED) is 0.646. The van der Waals surface area contributed by atoms with E-state index in [0.717, 1.165) is 41.6 Å². The fourth-order valence-corrected chi connectivity index (χ4v) is 2.63. The van der Waals surface area contributed by atoms with Gasteiger partial charge in [-0.3, -0.25) is 9.67 Å². The van der Waals surface area contributed by atoms with Gasteiger partial charge >= 0.3 is 0 Å². The van der Waals surface area contributed by atoms with Crippen molar-refractivity contribution in [3.8, 4) is 0 Å². The Morgan fingerprint density at radius 3 is 2.39 bits per heavy atom. The molecule has 7 nitrogen and oxygen atoms in total. The number of aryl methyl sites for hydroxylation is 4. The molecule has 0 atom stereocenters. The SMILES string of the molecule is CN=C(NCCc1c(C)nn(C)c1C)NCc1c(C)noc1C. The van der Waals surface area contributed by atoms with E-state index >= 15 is 0 Å². The summed E-state index contributed by atoms with van der Waals surface area (Å²) in [7, 11) is 3.74. The van der Waals surface area contributed by atoms with E-state index < -0.39 is 0 Å². The molecule has 0 aliphatic carbocycles. The van der Waals surface area contributed by atoms with Crippen LogP contribution in [0.2, 0.25) is 0 Å². The molecule has 0 aliphatic heterocycles. The number of guanidine groups is 1. The van der Waals surface area contributed by atoms with Crippen molar-refractivity contribution < 1.29 is 4.52 Å². The van der Waals surface area contributed by atoms with Crippen LogP contribution in [0.15, 0.2) is 9.52 Å². The largest absolute Gasteiger partial charge is 0.361 e. The third kappa shape index (κ3) is 3.91. The van der Waals surface area contributed by atoms with Crippen molar-refractivity contribution in [1.29, 1.82) is 0 Å². The first-order chi connectivity index (χ1) is 10.9. The van der Waals surface area contributed by atoms with Crippen LogP contribution in [-0.2, 0) is 20.0 Å². The molecule has 0 bridgehead atoms. The van der Waals surface area contributed by atoms with Gasteiger partial charge in [0.15, 0.2) is 5.96 Å². The molecular weight excluding hydrogens is 292 g/mol. The predicted molar refractivity (Wildman–Crippen MR) is 90.6 cm³/mol. The maximum absolute atomic E-state index is 5.17. The van der Waals surface area contributed by atoms with Gasteiger partial charge in [0.25, 0.3) is 0 Å². The summed E-state index contributed by atoms with van der Waals surface area (Å²) in [5, 5.41) is 15.0. The lowest BCUT2D eigenvalue weighted by molar-refractivity contribution is 0.392. The Morgan fingerprint density at radius 1 is 1.13 bits per heavy atom. The first-order valence-electron chi connectivity index (χ1n) is 7.79. The molecule has 0 saturated heterocycles. The molecule has 23 heavy (non-hydrogen) atoms. The van der Waals surface area contributed by atoms with Gasteiger partial charge in [-0.25, -0.2) is 0 Å². The average Bonchev–Trinajstić information content (AvgIpc) is 2.96. The van der Waals surface area contributed by atoms with Crippen molar-refractivity contribution in [1.82, 2.24) is 25.6 Å². The van der Waals surface area contributed by atoms with Crippen LogP contribution in [0.25, 0.3) is 0 Å². The highest BCUT2D eigenvalue weighted by molar-refractivity contribution is 5.79. The molecule has 2 rings (SSSR count). The van der Waals surface area contributed by atoms with E-state index in [4.69, 9.17) is 4.52 Å². The van der Waals surface area contributed by atoms with Crippen LogP contribution >= 0.6 is 0 Å². The second-order valence-corrected chi connectivity index (χ2v) is 5.68. The lowest BCUT2D eigenvalue weighted by Gasteiger charge is -2.12. The monoisotopic (exact) mass is 318 g/mol. The van der Waals surface area contributed by atoms with E-state index in [2.05, 4.69) is 32.8 Å². The highest BCUT2D eigenvalue weighted by Gasteiger charge is 2.11. The van der Waals surface area contributed by atoms with Crippen LogP contribution in [0, 0.1) is 27.7 Å². The number of hydrogen-bond donors (Lipinski definition) is 2. The van der Waals surface area contributed by atoms with Gasteiger partial charge in [-0.15, -0.1) is 0 Å². The molecule has 2 aromatic rings. The van der Waals surface area contributed by atoms with Gasteiger partial charge in [-0.05, 0) is 39.7 Å². The summed E-state index contributed by atoms with van der Waals surface area (Å²) in [6.07, 6.45) is 0.914. The Bertz CT molecular complexity index is 678. The van der Waals surface area contributed by atoms with Gasteiger partial charge in [-0.2, -0.15) is 5.10 Å². The molecule has 2 N–H and O–H groups in total. The van der Waals surface area contributed by atoms with Crippen LogP contribution in [0.3, 0.4) is 0 Å². The molecule has 0 radical (unpaired) electrons. The predicted octanol–water partition coefficient (Wildman–Crippen LogP) is 1.55. The third-order valence-corrected chi connectivity index (χ3v) is 4.16. The standard InChI is InChI=1S/C16H26N6O/c1-10-14(12(3)22(6)20-10)7-8-18-16(17-5)19-9-15-11(2)21-23-13(15)4/h7-9H2,1-6H3,(H2,17,18,19). The number of nitrogens with one attached hydrogen (secondary N) is 2. The van der Waals surface area contributed by atoms with Crippen molar-refractivity contribution >= 4 is 5.96 Å². The first kappa shape index (κ1) is 17.1. The number of nitrogens with zero attached hydrogens (tertiary/aromatic N) is 4. The molecular formula is C16H26N6O. The number of aliphatic imine (C=N–C) groups is 1. The van der Waals surface area contributed by atoms with E-state index in [1.54, 1.807) is 7.05 Å². The fraction of sp³-hybridized carbons (Fsp3) is 0.562. The minimum Gasteiger partial charge on any atom is -0.361 e. The van der Waals surface area contributed by atoms with E-state index in [0.29, 0.717) is 6.54 Å². The third-order valence-electron chi connectivity index (χ3n) is 4.16. The molecule has 126 valence electrons. The zero-order valence-corrected chi connectivity index (χ0v) is 14.8. The number of aromatic nitrogens is 3. The van der Waals surface area contributed by atoms with E-state index in [1.807, 2.05) is 32.5 Å². The van der Waals surface area contributed by atoms with Crippen LogP contribution in [0.4, 0.5) is 0 Å². The van der Waals surface area contributed by atoms with Crippen LogP contribution in [-0.4, -0.2) is 34.5 Å². The molecule has 2 heterocycles. The van der Waals surface area contributed by atoms with Crippen molar-refractivity contribution in [2.45, 2.75) is 40.7 Å². The molecule has 0 unspecified atom stereocenters. The van der Waals surface area contributed by atoms with Gasteiger partial charge in [0.2, 0.25) is 0 Å². The Hall–Kier alpha value is -2.31. The summed E-state index contributed by atoms with van der Waals surface area (Å²) >= 11 is 0. The first-order valence-corrected chi connectivity index (χ1v) is 7.79. The van der Waals surface area contributed by atoms with Crippen LogP contribution in [0.5, 0.6) is 0 Å². The minimum atomic E-state index is 0.645. The smallest absolute Gasteiger partial charge is 0.191 e. The van der Waals surface area contributed by atoms with Crippen molar-refractivity contribution in [2.24, 2.45) is 12.0 Å². The summed E-state index contributed by atoms with van der Waals surface area (Å²) in [5.74, 6) is 1.61. The summed E-state index contributed by atoms with van der Waals surface area (Å²) in [5.41, 5.74) is 5.58. The molecule has 0 spiro atoms. The Kier molecular flexibility index (Phi) is 5.41. The summed E-state index contributed by atoms with van der Waals surface area (Å²) in [6.45, 7) is 9.45. The summed E-state index contributed by atoms with van der Waals surface area (Å²) < 4.78 is 7.10. The maximum atomic E-state index is 5.17. The topological polar surface area (TPSA) is 80.3 Å². The van der Waals surface area contributed by atoms with Crippen LogP contribution in [0.1, 0.15) is 34.0 Å². The summed E-state index contributed by atoms with van der Waals surface area (Å²) in [6, 6.07) is 0. The number of rotatable bonds is 5. The molecule has 2 aromatic heterocycles. The number of hydrogen-bond acceptors (Lipinski definition) is 4. The van der Waals surface area contributed by atoms with Crippen LogP contribution < -0.4 is 10.6 Å². The molecule has 0 aliphatic rings. The van der Waals surface area contributed by atoms with E-state index in [1.165, 1.54) is 11.3 Å². The zero-order valence-electron chi connectivity index (χ0n) is 14.8. The van der Waals surface area contributed by atoms with Gasteiger partial charge in [-0.1, -0.05) is 5.16 Å². The van der Waals surface area contributed by atoms with E-state index in [9.17, 15) is 0 Å². The maximum Gasteiger partial charge on any atom is 0.191 e. The molecule has 0 amide bonds. The van der Waals surface area contributed by atoms with Gasteiger partial charge < -0.3 is 15.2 Å². The second kappa shape index (κ2) is 7.30. The average molecular weight is 318 g/mol. The fourth-order valence-electron chi connectivity index (χ4n) is 2.63. The Balaban J connectivity index is 1.86. The molecule has 0 aromatic carbocycles. The van der Waals surface area contributed by atoms with Gasteiger partial charge in [0.05, 0.1) is 11.4 Å². The lowest BCUT2D eigenvalue weighted by Crippen LogP contribution is -2.38.